The van der Waals surface area contributed by atoms with Crippen molar-refractivity contribution in [3.63, 3.8) is 0 Å². The van der Waals surface area contributed by atoms with E-state index >= 15 is 0 Å². The molecule has 0 spiro atoms. The number of likely N-dealkylation sites (tertiary alicyclic amines) is 1. The number of ether oxygens (including phenoxy) is 1. The molecule has 1 amide bonds. The minimum absolute atomic E-state index is 0.000142. The van der Waals surface area contributed by atoms with Crippen molar-refractivity contribution in [2.24, 2.45) is 0 Å². The van der Waals surface area contributed by atoms with Crippen LogP contribution in [0, 0.1) is 0 Å². The molecule has 2 aromatic rings. The van der Waals surface area contributed by atoms with Crippen LogP contribution in [-0.4, -0.2) is 45.6 Å². The zero-order valence-electron chi connectivity index (χ0n) is 11.6. The summed E-state index contributed by atoms with van der Waals surface area (Å²) in [6.45, 7) is 1.63. The van der Waals surface area contributed by atoms with Crippen molar-refractivity contribution >= 4 is 11.6 Å². The SMILES string of the molecule is COc1ccc2ncc(C(=O)N3CCCCCC3)n2n1. The summed E-state index contributed by atoms with van der Waals surface area (Å²) in [6, 6.07) is 3.54. The molecule has 0 aromatic carbocycles. The van der Waals surface area contributed by atoms with Gasteiger partial charge in [-0.2, -0.15) is 0 Å². The van der Waals surface area contributed by atoms with Crippen molar-refractivity contribution in [2.75, 3.05) is 20.2 Å². The van der Waals surface area contributed by atoms with Crippen LogP contribution in [-0.2, 0) is 0 Å². The first-order valence-corrected chi connectivity index (χ1v) is 6.97. The van der Waals surface area contributed by atoms with E-state index in [2.05, 4.69) is 10.1 Å². The van der Waals surface area contributed by atoms with Crippen LogP contribution >= 0.6 is 0 Å². The number of carbonyl (C=O) groups is 1. The standard InChI is InChI=1S/C14H18N4O2/c1-20-13-7-6-12-15-10-11(18(12)16-13)14(19)17-8-4-2-3-5-9-17/h6-7,10H,2-5,8-9H2,1H3. The largest absolute Gasteiger partial charge is 0.480 e. The number of carbonyl (C=O) groups excluding carboxylic acids is 1. The minimum Gasteiger partial charge on any atom is -0.480 e. The van der Waals surface area contributed by atoms with Crippen molar-refractivity contribution in [1.29, 1.82) is 0 Å². The van der Waals surface area contributed by atoms with Crippen molar-refractivity contribution in [3.05, 3.63) is 24.0 Å². The third kappa shape index (κ3) is 2.33. The van der Waals surface area contributed by atoms with E-state index in [9.17, 15) is 4.79 Å². The van der Waals surface area contributed by atoms with Crippen molar-refractivity contribution in [3.8, 4) is 5.88 Å². The van der Waals surface area contributed by atoms with Gasteiger partial charge in [-0.25, -0.2) is 9.50 Å². The van der Waals surface area contributed by atoms with Gasteiger partial charge in [-0.3, -0.25) is 4.79 Å². The Balaban J connectivity index is 1.94. The molecule has 0 N–H and O–H groups in total. The molecular formula is C14H18N4O2. The Hall–Kier alpha value is -2.11. The molecule has 2 aromatic heterocycles. The number of rotatable bonds is 2. The van der Waals surface area contributed by atoms with Gasteiger partial charge in [0.25, 0.3) is 5.91 Å². The lowest BCUT2D eigenvalue weighted by Crippen LogP contribution is -2.32. The van der Waals surface area contributed by atoms with Crippen molar-refractivity contribution < 1.29 is 9.53 Å². The van der Waals surface area contributed by atoms with E-state index in [1.54, 1.807) is 30.0 Å². The number of methoxy groups -OCH3 is 1. The maximum atomic E-state index is 12.6. The first-order valence-electron chi connectivity index (χ1n) is 6.97. The smallest absolute Gasteiger partial charge is 0.274 e. The molecule has 1 aliphatic heterocycles. The van der Waals surface area contributed by atoms with Gasteiger partial charge in [0.2, 0.25) is 5.88 Å². The summed E-state index contributed by atoms with van der Waals surface area (Å²) >= 11 is 0. The lowest BCUT2D eigenvalue weighted by molar-refractivity contribution is 0.0753. The number of imidazole rings is 1. The van der Waals surface area contributed by atoms with E-state index in [1.807, 2.05) is 4.90 Å². The van der Waals surface area contributed by atoms with E-state index in [0.29, 0.717) is 17.2 Å². The summed E-state index contributed by atoms with van der Waals surface area (Å²) in [4.78, 5) is 18.7. The number of fused-ring (bicyclic) bond motifs is 1. The molecule has 3 heterocycles. The molecule has 0 bridgehead atoms. The quantitative estimate of drug-likeness (QED) is 0.837. The number of amides is 1. The average Bonchev–Trinajstić information content (AvgIpc) is 2.71. The Morgan fingerprint density at radius 2 is 1.95 bits per heavy atom. The first kappa shape index (κ1) is 12.9. The highest BCUT2D eigenvalue weighted by atomic mass is 16.5. The summed E-state index contributed by atoms with van der Waals surface area (Å²) < 4.78 is 6.67. The predicted molar refractivity (Wildman–Crippen MR) is 73.9 cm³/mol. The zero-order valence-corrected chi connectivity index (χ0v) is 11.6. The lowest BCUT2D eigenvalue weighted by atomic mass is 10.2. The second kappa shape index (κ2) is 5.48. The molecule has 1 saturated heterocycles. The van der Waals surface area contributed by atoms with Gasteiger partial charge in [-0.15, -0.1) is 5.10 Å². The van der Waals surface area contributed by atoms with Crippen LogP contribution in [0.3, 0.4) is 0 Å². The molecule has 0 aliphatic carbocycles. The Morgan fingerprint density at radius 1 is 1.20 bits per heavy atom. The Bertz CT molecular complexity index is 615. The molecule has 0 atom stereocenters. The molecule has 106 valence electrons. The topological polar surface area (TPSA) is 59.7 Å². The van der Waals surface area contributed by atoms with E-state index < -0.39 is 0 Å². The monoisotopic (exact) mass is 274 g/mol. The van der Waals surface area contributed by atoms with Crippen LogP contribution < -0.4 is 4.74 Å². The molecule has 1 aliphatic rings. The average molecular weight is 274 g/mol. The number of hydrogen-bond donors (Lipinski definition) is 0. The van der Waals surface area contributed by atoms with Crippen molar-refractivity contribution in [2.45, 2.75) is 25.7 Å². The van der Waals surface area contributed by atoms with Crippen LogP contribution in [0.15, 0.2) is 18.3 Å². The van der Waals surface area contributed by atoms with Crippen LogP contribution in [0.1, 0.15) is 36.2 Å². The Labute approximate surface area is 117 Å². The van der Waals surface area contributed by atoms with Gasteiger partial charge in [0.05, 0.1) is 13.3 Å². The molecule has 0 radical (unpaired) electrons. The number of nitrogens with zero attached hydrogens (tertiary/aromatic N) is 4. The normalized spacial score (nSPS) is 16.1. The molecular weight excluding hydrogens is 256 g/mol. The van der Waals surface area contributed by atoms with Crippen LogP contribution in [0.25, 0.3) is 5.65 Å². The first-order chi connectivity index (χ1) is 9.79. The van der Waals surface area contributed by atoms with Gasteiger partial charge in [-0.1, -0.05) is 12.8 Å². The summed E-state index contributed by atoms with van der Waals surface area (Å²) in [5, 5.41) is 4.28. The Kier molecular flexibility index (Phi) is 3.54. The van der Waals surface area contributed by atoms with Crippen LogP contribution in [0.2, 0.25) is 0 Å². The second-order valence-electron chi connectivity index (χ2n) is 5.00. The third-order valence-electron chi connectivity index (χ3n) is 3.66. The fourth-order valence-electron chi connectivity index (χ4n) is 2.55. The maximum Gasteiger partial charge on any atom is 0.274 e. The third-order valence-corrected chi connectivity index (χ3v) is 3.66. The zero-order chi connectivity index (χ0) is 13.9. The van der Waals surface area contributed by atoms with Crippen LogP contribution in [0.5, 0.6) is 5.88 Å². The minimum atomic E-state index is 0.000142. The molecule has 0 saturated carbocycles. The number of aromatic nitrogens is 3. The molecule has 6 heteroatoms. The van der Waals surface area contributed by atoms with Crippen LogP contribution in [0.4, 0.5) is 0 Å². The van der Waals surface area contributed by atoms with Gasteiger partial charge in [0.1, 0.15) is 0 Å². The molecule has 20 heavy (non-hydrogen) atoms. The van der Waals surface area contributed by atoms with E-state index in [4.69, 9.17) is 4.74 Å². The molecule has 0 unspecified atom stereocenters. The summed E-state index contributed by atoms with van der Waals surface area (Å²) in [5.74, 6) is 0.473. The van der Waals surface area contributed by atoms with Gasteiger partial charge in [0.15, 0.2) is 11.3 Å². The highest BCUT2D eigenvalue weighted by Crippen LogP contribution is 2.15. The second-order valence-corrected chi connectivity index (χ2v) is 5.00. The molecule has 1 fully saturated rings. The predicted octanol–water partition coefficient (Wildman–Crippen LogP) is 1.75. The van der Waals surface area contributed by atoms with E-state index in [-0.39, 0.29) is 5.91 Å². The summed E-state index contributed by atoms with van der Waals surface area (Å²) in [7, 11) is 1.56. The molecule has 3 rings (SSSR count). The summed E-state index contributed by atoms with van der Waals surface area (Å²) in [6.07, 6.45) is 6.12. The van der Waals surface area contributed by atoms with Crippen molar-refractivity contribution in [1.82, 2.24) is 19.5 Å². The van der Waals surface area contributed by atoms with E-state index in [1.165, 1.54) is 12.8 Å². The van der Waals surface area contributed by atoms with Gasteiger partial charge >= 0.3 is 0 Å². The Morgan fingerprint density at radius 3 is 2.65 bits per heavy atom. The number of hydrogen-bond acceptors (Lipinski definition) is 4. The van der Waals surface area contributed by atoms with E-state index in [0.717, 1.165) is 25.9 Å². The molecule has 6 nitrogen and oxygen atoms in total. The van der Waals surface area contributed by atoms with Gasteiger partial charge in [-0.05, 0) is 18.9 Å². The van der Waals surface area contributed by atoms with Gasteiger partial charge < -0.3 is 9.64 Å². The fraction of sp³-hybridized carbons (Fsp3) is 0.500. The highest BCUT2D eigenvalue weighted by Gasteiger charge is 2.21. The maximum absolute atomic E-state index is 12.6. The highest BCUT2D eigenvalue weighted by molar-refractivity contribution is 5.93. The fourth-order valence-corrected chi connectivity index (χ4v) is 2.55. The summed E-state index contributed by atoms with van der Waals surface area (Å²) in [5.41, 5.74) is 1.16. The van der Waals surface area contributed by atoms with Gasteiger partial charge in [0, 0.05) is 19.2 Å². The lowest BCUT2D eigenvalue weighted by Gasteiger charge is -2.19.